The molecule has 0 unspecified atom stereocenters. The molecule has 1 aliphatic heterocycles. The summed E-state index contributed by atoms with van der Waals surface area (Å²) >= 11 is 6.05. The number of hydrogen-bond donors (Lipinski definition) is 1. The van der Waals surface area contributed by atoms with Crippen molar-refractivity contribution in [2.45, 2.75) is 31.8 Å². The molecule has 0 bridgehead atoms. The fraction of sp³-hybridized carbons (Fsp3) is 0.364. The van der Waals surface area contributed by atoms with Gasteiger partial charge >= 0.3 is 11.4 Å². The van der Waals surface area contributed by atoms with Gasteiger partial charge in [0.1, 0.15) is 0 Å². The van der Waals surface area contributed by atoms with Gasteiger partial charge in [-0.1, -0.05) is 23.7 Å². The molecule has 0 radical (unpaired) electrons. The number of piperidine rings is 1. The summed E-state index contributed by atoms with van der Waals surface area (Å²) in [7, 11) is 0. The number of nitrogens with zero attached hydrogens (tertiary/aromatic N) is 3. The third-order valence-corrected chi connectivity index (χ3v) is 6.27. The van der Waals surface area contributed by atoms with Crippen molar-refractivity contribution in [3.05, 3.63) is 68.5 Å². The third kappa shape index (κ3) is 3.48. The number of halogens is 1. The van der Waals surface area contributed by atoms with Gasteiger partial charge in [-0.3, -0.25) is 9.13 Å². The molecule has 1 N–H and O–H groups in total. The highest BCUT2D eigenvalue weighted by molar-refractivity contribution is 6.31. The van der Waals surface area contributed by atoms with E-state index >= 15 is 0 Å². The number of nitrogens with one attached hydrogen (secondary N) is 1. The van der Waals surface area contributed by atoms with E-state index in [1.54, 1.807) is 10.6 Å². The fourth-order valence-electron chi connectivity index (χ4n) is 4.55. The average molecular weight is 427 g/mol. The van der Waals surface area contributed by atoms with E-state index in [0.717, 1.165) is 55.4 Å². The Morgan fingerprint density at radius 3 is 2.67 bits per heavy atom. The molecule has 0 atom stereocenters. The van der Waals surface area contributed by atoms with Crippen LogP contribution in [0.25, 0.3) is 22.1 Å². The van der Waals surface area contributed by atoms with Crippen molar-refractivity contribution in [3.63, 3.8) is 0 Å². The Hall–Kier alpha value is -2.77. The van der Waals surface area contributed by atoms with Gasteiger partial charge in [-0.15, -0.1) is 0 Å². The molecule has 30 heavy (non-hydrogen) atoms. The Morgan fingerprint density at radius 1 is 1.03 bits per heavy atom. The number of H-pyrrole nitrogens is 1. The number of aryl methyl sites for hydroxylation is 1. The first-order chi connectivity index (χ1) is 14.6. The molecule has 8 heteroatoms. The summed E-state index contributed by atoms with van der Waals surface area (Å²) in [6.45, 7) is 3.41. The Kier molecular flexibility index (Phi) is 5.00. The van der Waals surface area contributed by atoms with Crippen molar-refractivity contribution in [1.29, 1.82) is 0 Å². The van der Waals surface area contributed by atoms with E-state index in [1.165, 1.54) is 0 Å². The number of imidazole rings is 1. The Bertz CT molecular complexity index is 1310. The van der Waals surface area contributed by atoms with Crippen molar-refractivity contribution in [2.24, 2.45) is 0 Å². The molecule has 1 saturated heterocycles. The van der Waals surface area contributed by atoms with E-state index in [1.807, 2.05) is 41.0 Å². The number of benzene rings is 2. The largest absolute Gasteiger partial charge is 0.419 e. The lowest BCUT2D eigenvalue weighted by Gasteiger charge is -2.32. The number of fused-ring (bicyclic) bond motifs is 2. The van der Waals surface area contributed by atoms with Gasteiger partial charge in [-0.05, 0) is 56.1 Å². The van der Waals surface area contributed by atoms with Crippen molar-refractivity contribution in [1.82, 2.24) is 19.0 Å². The topological polar surface area (TPSA) is 76.2 Å². The van der Waals surface area contributed by atoms with Crippen molar-refractivity contribution in [2.75, 3.05) is 19.6 Å². The molecule has 5 rings (SSSR count). The van der Waals surface area contributed by atoms with E-state index in [9.17, 15) is 9.59 Å². The maximum Gasteiger partial charge on any atom is 0.419 e. The van der Waals surface area contributed by atoms with Crippen LogP contribution in [0.2, 0.25) is 5.02 Å². The van der Waals surface area contributed by atoms with Crippen LogP contribution in [0.5, 0.6) is 0 Å². The minimum absolute atomic E-state index is 0.0723. The highest BCUT2D eigenvalue weighted by Crippen LogP contribution is 2.26. The molecule has 0 aliphatic carbocycles. The van der Waals surface area contributed by atoms with Crippen LogP contribution in [0.15, 0.2) is 56.5 Å². The van der Waals surface area contributed by atoms with Gasteiger partial charge in [0, 0.05) is 30.7 Å². The number of para-hydroxylation sites is 2. The number of aromatic nitrogens is 3. The first kappa shape index (κ1) is 19.2. The minimum Gasteiger partial charge on any atom is -0.408 e. The lowest BCUT2D eigenvalue weighted by Crippen LogP contribution is -2.37. The maximum absolute atomic E-state index is 12.5. The quantitative estimate of drug-likeness (QED) is 0.528. The smallest absolute Gasteiger partial charge is 0.408 e. The van der Waals surface area contributed by atoms with Gasteiger partial charge in [0.05, 0.1) is 16.6 Å². The van der Waals surface area contributed by atoms with Gasteiger partial charge in [0.25, 0.3) is 0 Å². The number of hydrogen-bond acceptors (Lipinski definition) is 4. The summed E-state index contributed by atoms with van der Waals surface area (Å²) in [4.78, 5) is 29.9. The van der Waals surface area contributed by atoms with Crippen LogP contribution in [0.1, 0.15) is 25.3 Å². The van der Waals surface area contributed by atoms with Gasteiger partial charge in [-0.25, -0.2) is 9.59 Å². The second-order valence-corrected chi connectivity index (χ2v) is 8.31. The predicted octanol–water partition coefficient (Wildman–Crippen LogP) is 3.62. The van der Waals surface area contributed by atoms with Crippen molar-refractivity contribution in [3.8, 4) is 0 Å². The van der Waals surface area contributed by atoms with E-state index in [-0.39, 0.29) is 17.5 Å². The average Bonchev–Trinajstić information content (AvgIpc) is 3.23. The first-order valence-corrected chi connectivity index (χ1v) is 10.7. The third-order valence-electron chi connectivity index (χ3n) is 6.03. The Morgan fingerprint density at radius 2 is 1.83 bits per heavy atom. The molecule has 156 valence electrons. The highest BCUT2D eigenvalue weighted by Gasteiger charge is 2.23. The van der Waals surface area contributed by atoms with Crippen LogP contribution in [0, 0.1) is 0 Å². The van der Waals surface area contributed by atoms with Crippen LogP contribution >= 0.6 is 11.6 Å². The number of likely N-dealkylation sites (tertiary alicyclic amines) is 1. The van der Waals surface area contributed by atoms with Crippen LogP contribution in [0.3, 0.4) is 0 Å². The summed E-state index contributed by atoms with van der Waals surface area (Å²) in [5.74, 6) is -0.297. The lowest BCUT2D eigenvalue weighted by molar-refractivity contribution is 0.182. The first-order valence-electron chi connectivity index (χ1n) is 10.3. The molecule has 0 saturated carbocycles. The molecule has 1 aliphatic rings. The highest BCUT2D eigenvalue weighted by atomic mass is 35.5. The zero-order valence-electron chi connectivity index (χ0n) is 16.5. The second-order valence-electron chi connectivity index (χ2n) is 7.88. The number of aromatic amines is 1. The van der Waals surface area contributed by atoms with Crippen LogP contribution < -0.4 is 11.4 Å². The normalized spacial score (nSPS) is 16.0. The molecular weight excluding hydrogens is 404 g/mol. The van der Waals surface area contributed by atoms with Crippen molar-refractivity contribution >= 4 is 33.7 Å². The lowest BCUT2D eigenvalue weighted by atomic mass is 10.0. The molecule has 0 spiro atoms. The Balaban J connectivity index is 1.21. The maximum atomic E-state index is 12.5. The van der Waals surface area contributed by atoms with Gasteiger partial charge in [0.15, 0.2) is 5.58 Å². The molecular formula is C22H23ClN4O3. The molecule has 7 nitrogen and oxygen atoms in total. The number of rotatable bonds is 5. The molecule has 2 aromatic carbocycles. The van der Waals surface area contributed by atoms with Gasteiger partial charge in [-0.2, -0.15) is 0 Å². The summed E-state index contributed by atoms with van der Waals surface area (Å²) in [6.07, 6.45) is 2.72. The van der Waals surface area contributed by atoms with Gasteiger partial charge < -0.3 is 14.3 Å². The van der Waals surface area contributed by atoms with Crippen LogP contribution in [-0.2, 0) is 6.54 Å². The molecule has 1 fully saturated rings. The molecule has 3 heterocycles. The van der Waals surface area contributed by atoms with E-state index in [2.05, 4.69) is 9.88 Å². The standard InChI is InChI=1S/C22H23ClN4O3/c23-15-6-7-18-17(14-15)24-21(28)27(18)16-8-12-25(13-9-16)10-3-11-26-19-4-1-2-5-20(19)30-22(26)29/h1-2,4-7,14,16H,3,8-13H2,(H,24,28). The SMILES string of the molecule is O=c1oc2ccccc2n1CCCN1CCC(n2c(=O)[nH]c3cc(Cl)ccc32)CC1. The monoisotopic (exact) mass is 426 g/mol. The summed E-state index contributed by atoms with van der Waals surface area (Å²) in [5, 5.41) is 0.621. The molecule has 2 aromatic heterocycles. The molecule has 4 aromatic rings. The van der Waals surface area contributed by atoms with E-state index in [4.69, 9.17) is 16.0 Å². The van der Waals surface area contributed by atoms with E-state index in [0.29, 0.717) is 17.2 Å². The van der Waals surface area contributed by atoms with Gasteiger partial charge in [0.2, 0.25) is 0 Å². The van der Waals surface area contributed by atoms with Crippen LogP contribution in [0.4, 0.5) is 0 Å². The Labute approximate surface area is 177 Å². The van der Waals surface area contributed by atoms with E-state index < -0.39 is 0 Å². The fourth-order valence-corrected chi connectivity index (χ4v) is 4.72. The number of oxazole rings is 1. The zero-order chi connectivity index (χ0) is 20.7. The predicted molar refractivity (Wildman–Crippen MR) is 117 cm³/mol. The van der Waals surface area contributed by atoms with Crippen LogP contribution in [-0.4, -0.2) is 38.7 Å². The summed E-state index contributed by atoms with van der Waals surface area (Å²) in [6, 6.07) is 13.2. The minimum atomic E-state index is -0.297. The second kappa shape index (κ2) is 7.81. The summed E-state index contributed by atoms with van der Waals surface area (Å²) < 4.78 is 8.88. The molecule has 0 amide bonds. The van der Waals surface area contributed by atoms with Crippen molar-refractivity contribution < 1.29 is 4.42 Å². The summed E-state index contributed by atoms with van der Waals surface area (Å²) in [5.41, 5.74) is 3.10. The zero-order valence-corrected chi connectivity index (χ0v) is 17.3.